The van der Waals surface area contributed by atoms with Crippen LogP contribution in [-0.2, 0) is 0 Å². The molecule has 1 saturated carbocycles. The summed E-state index contributed by atoms with van der Waals surface area (Å²) in [5.41, 5.74) is 9.27. The van der Waals surface area contributed by atoms with Crippen LogP contribution in [0.4, 0.5) is 0 Å². The van der Waals surface area contributed by atoms with Crippen molar-refractivity contribution < 1.29 is 0 Å². The van der Waals surface area contributed by atoms with Gasteiger partial charge in [0.15, 0.2) is 0 Å². The molecule has 2 N–H and O–H groups in total. The third kappa shape index (κ3) is 2.40. The zero-order valence-electron chi connectivity index (χ0n) is 11.7. The molecule has 0 aliphatic heterocycles. The molecule has 1 fully saturated rings. The van der Waals surface area contributed by atoms with Crippen molar-refractivity contribution in [3.05, 3.63) is 47.5 Å². The molecule has 1 atom stereocenters. The first kappa shape index (κ1) is 12.7. The van der Waals surface area contributed by atoms with Gasteiger partial charge in [-0.3, -0.25) is 0 Å². The second kappa shape index (κ2) is 5.34. The lowest BCUT2D eigenvalue weighted by Gasteiger charge is -2.28. The molecule has 100 valence electrons. The highest BCUT2D eigenvalue weighted by Gasteiger charge is 2.23. The average molecular weight is 253 g/mol. The summed E-state index contributed by atoms with van der Waals surface area (Å²) >= 11 is 0. The summed E-state index contributed by atoms with van der Waals surface area (Å²) in [6, 6.07) is 13.3. The molecule has 0 amide bonds. The maximum absolute atomic E-state index is 6.59. The Hall–Kier alpha value is -1.34. The van der Waals surface area contributed by atoms with E-state index in [9.17, 15) is 0 Å². The van der Waals surface area contributed by atoms with Crippen molar-refractivity contribution >= 4 is 10.8 Å². The SMILES string of the molecule is Cc1ccc([C@@H](N)C2CCCCC2)c2ccccc12. The third-order valence-corrected chi connectivity index (χ3v) is 4.69. The Morgan fingerprint density at radius 2 is 1.63 bits per heavy atom. The molecule has 0 radical (unpaired) electrons. The molecule has 0 unspecified atom stereocenters. The van der Waals surface area contributed by atoms with Gasteiger partial charge in [-0.2, -0.15) is 0 Å². The number of aryl methyl sites for hydroxylation is 1. The van der Waals surface area contributed by atoms with Crippen molar-refractivity contribution in [2.75, 3.05) is 0 Å². The number of nitrogens with two attached hydrogens (primary N) is 1. The summed E-state index contributed by atoms with van der Waals surface area (Å²) in [5.74, 6) is 0.667. The van der Waals surface area contributed by atoms with Gasteiger partial charge < -0.3 is 5.73 Å². The molecule has 0 heterocycles. The molecular weight excluding hydrogens is 230 g/mol. The minimum atomic E-state index is 0.200. The molecule has 0 aromatic heterocycles. The van der Waals surface area contributed by atoms with Crippen molar-refractivity contribution in [1.29, 1.82) is 0 Å². The second-order valence-corrected chi connectivity index (χ2v) is 5.94. The van der Waals surface area contributed by atoms with E-state index in [0.717, 1.165) is 0 Å². The van der Waals surface area contributed by atoms with E-state index in [-0.39, 0.29) is 6.04 Å². The van der Waals surface area contributed by atoms with Crippen LogP contribution in [0.2, 0.25) is 0 Å². The number of rotatable bonds is 2. The van der Waals surface area contributed by atoms with E-state index < -0.39 is 0 Å². The predicted octanol–water partition coefficient (Wildman–Crippen LogP) is 4.73. The fourth-order valence-electron chi connectivity index (χ4n) is 3.51. The molecular formula is C18H23N. The summed E-state index contributed by atoms with van der Waals surface area (Å²) in [5, 5.41) is 2.70. The highest BCUT2D eigenvalue weighted by molar-refractivity contribution is 5.88. The van der Waals surface area contributed by atoms with E-state index in [1.807, 2.05) is 0 Å². The topological polar surface area (TPSA) is 26.0 Å². The highest BCUT2D eigenvalue weighted by Crippen LogP contribution is 2.36. The Morgan fingerprint density at radius 3 is 2.37 bits per heavy atom. The minimum absolute atomic E-state index is 0.200. The molecule has 19 heavy (non-hydrogen) atoms. The standard InChI is InChI=1S/C18H23N/c1-13-11-12-17(16-10-6-5-9-15(13)16)18(19)14-7-3-2-4-8-14/h5-6,9-12,14,18H,2-4,7-8,19H2,1H3/t18-/m0/s1. The van der Waals surface area contributed by atoms with Gasteiger partial charge in [0.05, 0.1) is 0 Å². The normalized spacial score (nSPS) is 18.6. The largest absolute Gasteiger partial charge is 0.324 e. The molecule has 0 bridgehead atoms. The van der Waals surface area contributed by atoms with Gasteiger partial charge >= 0.3 is 0 Å². The van der Waals surface area contributed by atoms with Crippen LogP contribution in [0.3, 0.4) is 0 Å². The fourth-order valence-corrected chi connectivity index (χ4v) is 3.51. The van der Waals surface area contributed by atoms with Crippen LogP contribution in [0.25, 0.3) is 10.8 Å². The summed E-state index contributed by atoms with van der Waals surface area (Å²) in [4.78, 5) is 0. The van der Waals surface area contributed by atoms with E-state index in [1.54, 1.807) is 0 Å². The van der Waals surface area contributed by atoms with Crippen LogP contribution in [0.1, 0.15) is 49.3 Å². The van der Waals surface area contributed by atoms with Crippen LogP contribution in [0.5, 0.6) is 0 Å². The molecule has 0 spiro atoms. The zero-order valence-corrected chi connectivity index (χ0v) is 11.7. The van der Waals surface area contributed by atoms with E-state index in [0.29, 0.717) is 5.92 Å². The van der Waals surface area contributed by atoms with Crippen molar-refractivity contribution in [3.8, 4) is 0 Å². The van der Waals surface area contributed by atoms with Gasteiger partial charge in [0.2, 0.25) is 0 Å². The molecule has 2 aromatic rings. The number of hydrogen-bond acceptors (Lipinski definition) is 1. The molecule has 1 aliphatic rings. The molecule has 1 aliphatic carbocycles. The predicted molar refractivity (Wildman–Crippen MR) is 82.2 cm³/mol. The second-order valence-electron chi connectivity index (χ2n) is 5.94. The lowest BCUT2D eigenvalue weighted by molar-refractivity contribution is 0.309. The maximum Gasteiger partial charge on any atom is 0.0329 e. The molecule has 1 heteroatoms. The smallest absolute Gasteiger partial charge is 0.0329 e. The highest BCUT2D eigenvalue weighted by atomic mass is 14.7. The Bertz CT molecular complexity index is 567. The molecule has 1 nitrogen and oxygen atoms in total. The average Bonchev–Trinajstić information content (AvgIpc) is 2.48. The van der Waals surface area contributed by atoms with E-state index in [1.165, 1.54) is 54.0 Å². The summed E-state index contributed by atoms with van der Waals surface area (Å²) < 4.78 is 0. The van der Waals surface area contributed by atoms with E-state index >= 15 is 0 Å². The summed E-state index contributed by atoms with van der Waals surface area (Å²) in [6.45, 7) is 2.18. The first-order valence-corrected chi connectivity index (χ1v) is 7.51. The first-order chi connectivity index (χ1) is 9.27. The van der Waals surface area contributed by atoms with Gasteiger partial charge in [-0.05, 0) is 47.6 Å². The van der Waals surface area contributed by atoms with E-state index in [4.69, 9.17) is 5.73 Å². The van der Waals surface area contributed by atoms with Crippen LogP contribution in [-0.4, -0.2) is 0 Å². The number of fused-ring (bicyclic) bond motifs is 1. The molecule has 0 saturated heterocycles. The van der Waals surface area contributed by atoms with Gasteiger partial charge in [0.25, 0.3) is 0 Å². The van der Waals surface area contributed by atoms with Gasteiger partial charge in [-0.15, -0.1) is 0 Å². The quantitative estimate of drug-likeness (QED) is 0.822. The van der Waals surface area contributed by atoms with E-state index in [2.05, 4.69) is 43.3 Å². The first-order valence-electron chi connectivity index (χ1n) is 7.51. The fraction of sp³-hybridized carbons (Fsp3) is 0.444. The lowest BCUT2D eigenvalue weighted by Crippen LogP contribution is -2.23. The lowest BCUT2D eigenvalue weighted by atomic mass is 9.80. The van der Waals surface area contributed by atoms with Crippen molar-refractivity contribution in [3.63, 3.8) is 0 Å². The number of benzene rings is 2. The van der Waals surface area contributed by atoms with Crippen LogP contribution in [0.15, 0.2) is 36.4 Å². The molecule has 3 rings (SSSR count). The Kier molecular flexibility index (Phi) is 3.56. The Balaban J connectivity index is 2.02. The van der Waals surface area contributed by atoms with Gasteiger partial charge in [0.1, 0.15) is 0 Å². The van der Waals surface area contributed by atoms with Crippen molar-refractivity contribution in [2.24, 2.45) is 11.7 Å². The maximum atomic E-state index is 6.59. The molecule has 2 aromatic carbocycles. The Morgan fingerprint density at radius 1 is 0.947 bits per heavy atom. The van der Waals surface area contributed by atoms with Crippen LogP contribution >= 0.6 is 0 Å². The summed E-state index contributed by atoms with van der Waals surface area (Å²) in [6.07, 6.45) is 6.68. The number of hydrogen-bond donors (Lipinski definition) is 1. The van der Waals surface area contributed by atoms with Crippen LogP contribution < -0.4 is 5.73 Å². The van der Waals surface area contributed by atoms with Gasteiger partial charge in [-0.25, -0.2) is 0 Å². The van der Waals surface area contributed by atoms with Crippen molar-refractivity contribution in [2.45, 2.75) is 45.1 Å². The monoisotopic (exact) mass is 253 g/mol. The Labute approximate surface area is 115 Å². The van der Waals surface area contributed by atoms with Crippen molar-refractivity contribution in [1.82, 2.24) is 0 Å². The van der Waals surface area contributed by atoms with Gasteiger partial charge in [-0.1, -0.05) is 55.7 Å². The minimum Gasteiger partial charge on any atom is -0.324 e. The van der Waals surface area contributed by atoms with Crippen LogP contribution in [0, 0.1) is 12.8 Å². The third-order valence-electron chi connectivity index (χ3n) is 4.69. The van der Waals surface area contributed by atoms with Gasteiger partial charge in [0, 0.05) is 6.04 Å². The summed E-state index contributed by atoms with van der Waals surface area (Å²) in [7, 11) is 0. The zero-order chi connectivity index (χ0) is 13.2.